The Bertz CT molecular complexity index is 427. The average molecular weight is 239 g/mol. The molecule has 0 aliphatic carbocycles. The number of aliphatic carboxylic acids is 2. The molecule has 0 spiro atoms. The van der Waals surface area contributed by atoms with Gasteiger partial charge in [-0.2, -0.15) is 0 Å². The summed E-state index contributed by atoms with van der Waals surface area (Å²) in [5, 5.41) is 26.8. The molecule has 6 nitrogen and oxygen atoms in total. The molecule has 1 aromatic carbocycles. The van der Waals surface area contributed by atoms with Crippen LogP contribution in [-0.2, 0) is 9.59 Å². The van der Waals surface area contributed by atoms with E-state index in [0.717, 1.165) is 0 Å². The maximum atomic E-state index is 10.6. The Labute approximate surface area is 97.3 Å². The summed E-state index contributed by atoms with van der Waals surface area (Å²) in [6, 6.07) is 4.23. The summed E-state index contributed by atoms with van der Waals surface area (Å²) in [5.41, 5.74) is 6.02. The van der Waals surface area contributed by atoms with Crippen molar-refractivity contribution in [3.63, 3.8) is 0 Å². The van der Waals surface area contributed by atoms with Gasteiger partial charge in [-0.1, -0.05) is 6.07 Å². The topological polar surface area (TPSA) is 121 Å². The third-order valence-corrected chi connectivity index (χ3v) is 2.37. The number of carboxylic acid groups (broad SMARTS) is 2. The van der Waals surface area contributed by atoms with Crippen LogP contribution in [0.15, 0.2) is 18.2 Å². The standard InChI is InChI=1S/C11H13NO5/c12-8-2-1-6(3-9(8)13)7(4-10(14)15)5-11(16)17/h1-3,7,13H,4-5,12H2,(H,14,15)(H,16,17). The van der Waals surface area contributed by atoms with Gasteiger partial charge in [-0.25, -0.2) is 0 Å². The van der Waals surface area contributed by atoms with Crippen molar-refractivity contribution in [2.75, 3.05) is 5.73 Å². The van der Waals surface area contributed by atoms with Crippen LogP contribution in [0.2, 0.25) is 0 Å². The molecule has 1 aromatic rings. The average Bonchev–Trinajstić information content (AvgIpc) is 2.19. The number of hydrogen-bond acceptors (Lipinski definition) is 4. The summed E-state index contributed by atoms with van der Waals surface area (Å²) in [6.07, 6.45) is -0.620. The lowest BCUT2D eigenvalue weighted by Gasteiger charge is -2.13. The third-order valence-electron chi connectivity index (χ3n) is 2.37. The number of nitrogens with two attached hydrogens (primary N) is 1. The van der Waals surface area contributed by atoms with Crippen LogP contribution in [0.3, 0.4) is 0 Å². The highest BCUT2D eigenvalue weighted by Crippen LogP contribution is 2.29. The van der Waals surface area contributed by atoms with Crippen molar-refractivity contribution in [1.82, 2.24) is 0 Å². The van der Waals surface area contributed by atoms with Gasteiger partial charge in [-0.05, 0) is 17.7 Å². The fourth-order valence-electron chi connectivity index (χ4n) is 1.54. The molecule has 5 N–H and O–H groups in total. The molecule has 17 heavy (non-hydrogen) atoms. The Morgan fingerprint density at radius 2 is 1.71 bits per heavy atom. The van der Waals surface area contributed by atoms with E-state index in [0.29, 0.717) is 5.56 Å². The van der Waals surface area contributed by atoms with Crippen LogP contribution in [0, 0.1) is 0 Å². The number of rotatable bonds is 5. The van der Waals surface area contributed by atoms with E-state index >= 15 is 0 Å². The molecule has 0 saturated heterocycles. The van der Waals surface area contributed by atoms with Crippen LogP contribution in [-0.4, -0.2) is 27.3 Å². The largest absolute Gasteiger partial charge is 0.506 e. The van der Waals surface area contributed by atoms with Gasteiger partial charge in [-0.15, -0.1) is 0 Å². The molecule has 0 fully saturated rings. The van der Waals surface area contributed by atoms with E-state index in [1.807, 2.05) is 0 Å². The molecule has 0 bridgehead atoms. The molecule has 0 atom stereocenters. The van der Waals surface area contributed by atoms with E-state index in [1.54, 1.807) is 0 Å². The molecule has 0 radical (unpaired) electrons. The van der Waals surface area contributed by atoms with E-state index in [9.17, 15) is 14.7 Å². The van der Waals surface area contributed by atoms with Gasteiger partial charge in [0.05, 0.1) is 18.5 Å². The van der Waals surface area contributed by atoms with Crippen molar-refractivity contribution in [2.24, 2.45) is 0 Å². The van der Waals surface area contributed by atoms with Crippen molar-refractivity contribution in [3.8, 4) is 5.75 Å². The van der Waals surface area contributed by atoms with E-state index in [4.69, 9.17) is 15.9 Å². The van der Waals surface area contributed by atoms with Gasteiger partial charge in [-0.3, -0.25) is 9.59 Å². The summed E-state index contributed by atoms with van der Waals surface area (Å²) in [4.78, 5) is 21.3. The van der Waals surface area contributed by atoms with Crippen molar-refractivity contribution < 1.29 is 24.9 Å². The van der Waals surface area contributed by atoms with Gasteiger partial charge in [0, 0.05) is 5.92 Å². The molecular formula is C11H13NO5. The summed E-state index contributed by atoms with van der Waals surface area (Å²) in [7, 11) is 0. The molecule has 92 valence electrons. The second kappa shape index (κ2) is 5.20. The lowest BCUT2D eigenvalue weighted by atomic mass is 9.92. The van der Waals surface area contributed by atoms with Crippen LogP contribution >= 0.6 is 0 Å². The fraction of sp³-hybridized carbons (Fsp3) is 0.273. The zero-order valence-corrected chi connectivity index (χ0v) is 8.96. The van der Waals surface area contributed by atoms with Gasteiger partial charge in [0.2, 0.25) is 0 Å². The minimum absolute atomic E-state index is 0.165. The Morgan fingerprint density at radius 3 is 2.12 bits per heavy atom. The number of carboxylic acids is 2. The monoisotopic (exact) mass is 239 g/mol. The smallest absolute Gasteiger partial charge is 0.303 e. The summed E-state index contributed by atoms with van der Waals surface area (Å²) >= 11 is 0. The Morgan fingerprint density at radius 1 is 1.18 bits per heavy atom. The summed E-state index contributed by atoms with van der Waals surface area (Å²) in [6.45, 7) is 0. The first kappa shape index (κ1) is 12.8. The molecule has 1 rings (SSSR count). The quantitative estimate of drug-likeness (QED) is 0.449. The van der Waals surface area contributed by atoms with Gasteiger partial charge in [0.25, 0.3) is 0 Å². The van der Waals surface area contributed by atoms with Crippen molar-refractivity contribution in [2.45, 2.75) is 18.8 Å². The first-order valence-electron chi connectivity index (χ1n) is 4.92. The highest BCUT2D eigenvalue weighted by atomic mass is 16.4. The summed E-state index contributed by atoms with van der Waals surface area (Å²) < 4.78 is 0. The minimum Gasteiger partial charge on any atom is -0.506 e. The number of hydrogen-bond donors (Lipinski definition) is 4. The molecule has 0 saturated carbocycles. The van der Waals surface area contributed by atoms with E-state index in [-0.39, 0.29) is 24.3 Å². The maximum Gasteiger partial charge on any atom is 0.303 e. The molecule has 0 unspecified atom stereocenters. The van der Waals surface area contributed by atoms with Crippen LogP contribution in [0.4, 0.5) is 5.69 Å². The number of carbonyl (C=O) groups is 2. The lowest BCUT2D eigenvalue weighted by Crippen LogP contribution is -2.11. The van der Waals surface area contributed by atoms with Crippen molar-refractivity contribution in [3.05, 3.63) is 23.8 Å². The molecule has 0 heterocycles. The Kier molecular flexibility index (Phi) is 3.92. The SMILES string of the molecule is Nc1ccc(C(CC(=O)O)CC(=O)O)cc1O. The molecule has 0 aliphatic rings. The predicted octanol–water partition coefficient (Wildman–Crippen LogP) is 1.01. The third kappa shape index (κ3) is 3.67. The Balaban J connectivity index is 2.98. The van der Waals surface area contributed by atoms with Crippen LogP contribution in [0.5, 0.6) is 5.75 Å². The van der Waals surface area contributed by atoms with Gasteiger partial charge in [0.15, 0.2) is 0 Å². The first-order valence-corrected chi connectivity index (χ1v) is 4.92. The minimum atomic E-state index is -1.09. The van der Waals surface area contributed by atoms with E-state index in [2.05, 4.69) is 0 Å². The number of phenols is 1. The van der Waals surface area contributed by atoms with Crippen molar-refractivity contribution in [1.29, 1.82) is 0 Å². The maximum absolute atomic E-state index is 10.6. The second-order valence-corrected chi connectivity index (χ2v) is 3.71. The fourth-order valence-corrected chi connectivity index (χ4v) is 1.54. The molecule has 0 aliphatic heterocycles. The highest BCUT2D eigenvalue weighted by Gasteiger charge is 2.19. The van der Waals surface area contributed by atoms with E-state index in [1.165, 1.54) is 18.2 Å². The molecular weight excluding hydrogens is 226 g/mol. The predicted molar refractivity (Wildman–Crippen MR) is 59.8 cm³/mol. The van der Waals surface area contributed by atoms with E-state index < -0.39 is 17.9 Å². The number of anilines is 1. The van der Waals surface area contributed by atoms with Crippen LogP contribution in [0.25, 0.3) is 0 Å². The lowest BCUT2D eigenvalue weighted by molar-refractivity contribution is -0.139. The molecule has 0 amide bonds. The first-order chi connectivity index (χ1) is 7.90. The number of benzene rings is 1. The highest BCUT2D eigenvalue weighted by molar-refractivity contribution is 5.72. The van der Waals surface area contributed by atoms with Gasteiger partial charge < -0.3 is 21.1 Å². The van der Waals surface area contributed by atoms with Crippen LogP contribution < -0.4 is 5.73 Å². The number of aromatic hydroxyl groups is 1. The van der Waals surface area contributed by atoms with Crippen LogP contribution in [0.1, 0.15) is 24.3 Å². The van der Waals surface area contributed by atoms with Crippen molar-refractivity contribution >= 4 is 17.6 Å². The summed E-state index contributed by atoms with van der Waals surface area (Å²) in [5.74, 6) is -3.04. The second-order valence-electron chi connectivity index (χ2n) is 3.71. The zero-order valence-electron chi connectivity index (χ0n) is 8.96. The molecule has 6 heteroatoms. The number of phenolic OH excluding ortho intramolecular Hbond substituents is 1. The Hall–Kier alpha value is -2.24. The van der Waals surface area contributed by atoms with Gasteiger partial charge in [0.1, 0.15) is 5.75 Å². The number of nitrogen functional groups attached to an aromatic ring is 1. The normalized spacial score (nSPS) is 10.4. The molecule has 0 aromatic heterocycles. The van der Waals surface area contributed by atoms with Gasteiger partial charge >= 0.3 is 11.9 Å². The zero-order chi connectivity index (χ0) is 13.0.